The molecule has 12 heavy (non-hydrogen) atoms. The van der Waals surface area contributed by atoms with Gasteiger partial charge in [-0.25, -0.2) is 6.42 Å². The maximum atomic E-state index is 8.78. The van der Waals surface area contributed by atoms with Crippen molar-refractivity contribution in [3.05, 3.63) is 13.8 Å². The van der Waals surface area contributed by atoms with Crippen molar-refractivity contribution in [2.24, 2.45) is 11.3 Å². The van der Waals surface area contributed by atoms with Crippen LogP contribution in [0.1, 0.15) is 33.1 Å². The SMILES string of the molecule is [CH2-]CC([CH2-])(CCO)CC(C)C.[Y]. The molecule has 1 atom stereocenters. The molecular formula is C10H20OY-2. The molecule has 1 N–H and O–H groups in total. The van der Waals surface area contributed by atoms with Crippen molar-refractivity contribution < 1.29 is 37.8 Å². The molecule has 0 saturated heterocycles. The summed E-state index contributed by atoms with van der Waals surface area (Å²) in [6, 6.07) is 0. The summed E-state index contributed by atoms with van der Waals surface area (Å²) < 4.78 is 0. The Balaban J connectivity index is 0. The van der Waals surface area contributed by atoms with Crippen molar-refractivity contribution in [2.45, 2.75) is 33.1 Å². The van der Waals surface area contributed by atoms with Crippen molar-refractivity contribution in [1.82, 2.24) is 0 Å². The molecule has 0 aromatic carbocycles. The Labute approximate surface area is 102 Å². The van der Waals surface area contributed by atoms with Gasteiger partial charge < -0.3 is 19.0 Å². The normalized spacial score (nSPS) is 15.5. The van der Waals surface area contributed by atoms with Gasteiger partial charge in [0, 0.05) is 39.3 Å². The van der Waals surface area contributed by atoms with Gasteiger partial charge in [0.2, 0.25) is 0 Å². The molecule has 0 rings (SSSR count). The minimum Gasteiger partial charge on any atom is -0.396 e. The van der Waals surface area contributed by atoms with E-state index in [-0.39, 0.29) is 44.7 Å². The van der Waals surface area contributed by atoms with E-state index in [1.54, 1.807) is 0 Å². The number of hydrogen-bond acceptors (Lipinski definition) is 1. The number of rotatable bonds is 5. The Morgan fingerprint density at radius 1 is 1.42 bits per heavy atom. The molecule has 0 aliphatic heterocycles. The maximum Gasteiger partial charge on any atom is 0.0410 e. The van der Waals surface area contributed by atoms with Crippen molar-refractivity contribution in [1.29, 1.82) is 0 Å². The quantitative estimate of drug-likeness (QED) is 0.738. The molecule has 0 saturated carbocycles. The molecule has 0 bridgehead atoms. The molecule has 1 nitrogen and oxygen atoms in total. The molecule has 0 aromatic rings. The predicted octanol–water partition coefficient (Wildman–Crippen LogP) is 2.46. The second-order valence-electron chi connectivity index (χ2n) is 3.82. The van der Waals surface area contributed by atoms with Gasteiger partial charge in [0.25, 0.3) is 0 Å². The van der Waals surface area contributed by atoms with Gasteiger partial charge in [-0.15, -0.1) is 0 Å². The van der Waals surface area contributed by atoms with Crippen LogP contribution in [0.3, 0.4) is 0 Å². The fraction of sp³-hybridized carbons (Fsp3) is 0.800. The topological polar surface area (TPSA) is 20.2 Å². The second kappa shape index (κ2) is 7.47. The van der Waals surface area contributed by atoms with Gasteiger partial charge in [0.05, 0.1) is 0 Å². The third kappa shape index (κ3) is 6.57. The van der Waals surface area contributed by atoms with Crippen molar-refractivity contribution in [3.63, 3.8) is 0 Å². The van der Waals surface area contributed by atoms with Gasteiger partial charge in [-0.2, -0.15) is 5.41 Å². The van der Waals surface area contributed by atoms with Crippen LogP contribution in [-0.4, -0.2) is 11.7 Å². The third-order valence-corrected chi connectivity index (χ3v) is 2.01. The Bertz CT molecular complexity index is 104. The van der Waals surface area contributed by atoms with E-state index >= 15 is 0 Å². The zero-order chi connectivity index (χ0) is 8.91. The summed E-state index contributed by atoms with van der Waals surface area (Å²) in [5.74, 6) is 0.640. The summed E-state index contributed by atoms with van der Waals surface area (Å²) >= 11 is 0. The first-order valence-electron chi connectivity index (χ1n) is 4.29. The van der Waals surface area contributed by atoms with Gasteiger partial charge in [0.1, 0.15) is 0 Å². The molecule has 0 heterocycles. The first-order chi connectivity index (χ1) is 5.04. The molecule has 2 heteroatoms. The second-order valence-corrected chi connectivity index (χ2v) is 3.82. The minimum absolute atomic E-state index is 0. The van der Waals surface area contributed by atoms with E-state index in [1.165, 1.54) is 0 Å². The summed E-state index contributed by atoms with van der Waals surface area (Å²) in [6.07, 6.45) is 2.64. The molecular weight excluding hydrogens is 225 g/mol. The zero-order valence-corrected chi connectivity index (χ0v) is 11.2. The van der Waals surface area contributed by atoms with E-state index in [2.05, 4.69) is 27.7 Å². The van der Waals surface area contributed by atoms with E-state index in [9.17, 15) is 0 Å². The Kier molecular flexibility index (Phi) is 9.66. The summed E-state index contributed by atoms with van der Waals surface area (Å²) in [5.41, 5.74) is 0.00289. The minimum atomic E-state index is 0. The van der Waals surface area contributed by atoms with E-state index in [0.717, 1.165) is 19.3 Å². The van der Waals surface area contributed by atoms with Crippen LogP contribution in [0, 0.1) is 25.2 Å². The molecule has 1 radical (unpaired) electrons. The number of aliphatic hydroxyl groups excluding tert-OH is 1. The van der Waals surface area contributed by atoms with E-state index < -0.39 is 0 Å². The smallest absolute Gasteiger partial charge is 0.0410 e. The maximum absolute atomic E-state index is 8.78. The monoisotopic (exact) mass is 245 g/mol. The van der Waals surface area contributed by atoms with Gasteiger partial charge in [-0.05, 0) is 5.92 Å². The summed E-state index contributed by atoms with van der Waals surface area (Å²) in [5, 5.41) is 8.78. The molecule has 0 aromatic heterocycles. The molecule has 0 spiro atoms. The summed E-state index contributed by atoms with van der Waals surface area (Å²) in [4.78, 5) is 0. The predicted molar refractivity (Wildman–Crippen MR) is 48.9 cm³/mol. The zero-order valence-electron chi connectivity index (χ0n) is 8.34. The molecule has 1 unspecified atom stereocenters. The van der Waals surface area contributed by atoms with Gasteiger partial charge >= 0.3 is 0 Å². The van der Waals surface area contributed by atoms with Crippen LogP contribution in [0.4, 0.5) is 0 Å². The van der Waals surface area contributed by atoms with Crippen LogP contribution in [0.5, 0.6) is 0 Å². The summed E-state index contributed by atoms with van der Waals surface area (Å²) in [6.45, 7) is 12.5. The number of aliphatic hydroxyl groups is 1. The van der Waals surface area contributed by atoms with Gasteiger partial charge in [0.15, 0.2) is 0 Å². The fourth-order valence-corrected chi connectivity index (χ4v) is 1.43. The molecule has 0 amide bonds. The number of hydrogen-bond donors (Lipinski definition) is 1. The van der Waals surface area contributed by atoms with Crippen LogP contribution in [0.25, 0.3) is 0 Å². The average molecular weight is 245 g/mol. The van der Waals surface area contributed by atoms with Crippen LogP contribution < -0.4 is 0 Å². The van der Waals surface area contributed by atoms with Crippen LogP contribution in [-0.2, 0) is 32.7 Å². The van der Waals surface area contributed by atoms with Gasteiger partial charge in [-0.3, -0.25) is 0 Å². The van der Waals surface area contributed by atoms with Crippen LogP contribution in [0.2, 0.25) is 0 Å². The van der Waals surface area contributed by atoms with Gasteiger partial charge in [-0.1, -0.05) is 26.7 Å². The standard InChI is InChI=1S/C10H20O.Y/c1-5-10(4,6-7-11)8-9(2)3;/h9,11H,1,4-8H2,2-3H3;/q-2;. The Morgan fingerprint density at radius 2 is 1.92 bits per heavy atom. The largest absolute Gasteiger partial charge is 0.396 e. The third-order valence-electron chi connectivity index (χ3n) is 2.01. The van der Waals surface area contributed by atoms with Crippen molar-refractivity contribution in [3.8, 4) is 0 Å². The Hall–Kier alpha value is 1.06. The molecule has 0 fully saturated rings. The van der Waals surface area contributed by atoms with E-state index in [4.69, 9.17) is 5.11 Å². The average Bonchev–Trinajstić information content (AvgIpc) is 1.87. The van der Waals surface area contributed by atoms with Crippen LogP contribution in [0.15, 0.2) is 0 Å². The van der Waals surface area contributed by atoms with Crippen LogP contribution >= 0.6 is 0 Å². The molecule has 0 aliphatic rings. The first-order valence-corrected chi connectivity index (χ1v) is 4.29. The van der Waals surface area contributed by atoms with E-state index in [0.29, 0.717) is 5.92 Å². The van der Waals surface area contributed by atoms with E-state index in [1.807, 2.05) is 0 Å². The van der Waals surface area contributed by atoms with Crippen molar-refractivity contribution >= 4 is 0 Å². The first kappa shape index (κ1) is 15.5. The molecule has 0 aliphatic carbocycles. The fourth-order valence-electron chi connectivity index (χ4n) is 1.43. The molecule has 71 valence electrons. The Morgan fingerprint density at radius 3 is 2.17 bits per heavy atom. The summed E-state index contributed by atoms with van der Waals surface area (Å²) in [7, 11) is 0. The van der Waals surface area contributed by atoms with Crippen molar-refractivity contribution in [2.75, 3.05) is 6.61 Å².